The Bertz CT molecular complexity index is 863. The lowest BCUT2D eigenvalue weighted by Gasteiger charge is -2.60. The number of hydrogen-bond acceptors (Lipinski definition) is 6. The van der Waals surface area contributed by atoms with Crippen LogP contribution in [0, 0.1) is 23.2 Å². The van der Waals surface area contributed by atoms with Gasteiger partial charge in [0.2, 0.25) is 6.41 Å². The molecular formula is C26H38N2O5. The highest BCUT2D eigenvalue weighted by Gasteiger charge is 2.59. The van der Waals surface area contributed by atoms with E-state index in [4.69, 9.17) is 15.2 Å². The van der Waals surface area contributed by atoms with Crippen LogP contribution in [0.25, 0.3) is 0 Å². The fourth-order valence-corrected chi connectivity index (χ4v) is 6.18. The molecule has 33 heavy (non-hydrogen) atoms. The number of allylic oxidation sites excluding steroid dienone is 2. The fourth-order valence-electron chi connectivity index (χ4n) is 6.18. The Morgan fingerprint density at radius 1 is 1.39 bits per heavy atom. The monoisotopic (exact) mass is 458 g/mol. The number of nitrogens with two attached hydrogens (primary N) is 1. The Hall–Kier alpha value is -2.41. The summed E-state index contributed by atoms with van der Waals surface area (Å²) in [6.45, 7) is 12.8. The third-order valence-corrected chi connectivity index (χ3v) is 7.92. The molecular weight excluding hydrogens is 420 g/mol. The molecule has 3 N–H and O–H groups in total. The molecule has 0 aromatic rings. The number of carbonyl (C=O) groups is 3. The number of esters is 2. The van der Waals surface area contributed by atoms with Crippen molar-refractivity contribution in [2.24, 2.45) is 28.9 Å². The van der Waals surface area contributed by atoms with Gasteiger partial charge in [-0.1, -0.05) is 45.1 Å². The molecule has 0 saturated heterocycles. The van der Waals surface area contributed by atoms with Gasteiger partial charge < -0.3 is 20.5 Å². The highest BCUT2D eigenvalue weighted by atomic mass is 16.5. The minimum Gasteiger partial charge on any atom is -0.459 e. The van der Waals surface area contributed by atoms with Crippen LogP contribution >= 0.6 is 0 Å². The maximum Gasteiger partial charge on any atom is 0.338 e. The zero-order valence-electron chi connectivity index (χ0n) is 20.3. The van der Waals surface area contributed by atoms with E-state index >= 15 is 0 Å². The number of nitrogens with one attached hydrogen (secondary N) is 1. The van der Waals surface area contributed by atoms with Gasteiger partial charge in [-0.05, 0) is 62.4 Å². The molecule has 6 atom stereocenters. The van der Waals surface area contributed by atoms with Crippen LogP contribution in [0.5, 0.6) is 0 Å². The van der Waals surface area contributed by atoms with Crippen LogP contribution in [0.2, 0.25) is 0 Å². The first kappa shape index (κ1) is 25.2. The van der Waals surface area contributed by atoms with Gasteiger partial charge in [-0.2, -0.15) is 0 Å². The number of rotatable bonds is 8. The number of carbonyl (C=O) groups excluding carboxylic acids is 3. The van der Waals surface area contributed by atoms with E-state index in [0.29, 0.717) is 31.4 Å². The number of ether oxygens (including phenoxy) is 2. The van der Waals surface area contributed by atoms with Gasteiger partial charge in [-0.3, -0.25) is 9.59 Å². The van der Waals surface area contributed by atoms with Crippen molar-refractivity contribution in [3.63, 3.8) is 0 Å². The van der Waals surface area contributed by atoms with Gasteiger partial charge in [0.1, 0.15) is 18.8 Å². The molecule has 2 aliphatic carbocycles. The third-order valence-electron chi connectivity index (χ3n) is 7.92. The number of amides is 1. The highest BCUT2D eigenvalue weighted by Crippen LogP contribution is 2.58. The molecule has 0 bridgehead atoms. The van der Waals surface area contributed by atoms with Crippen LogP contribution in [-0.2, 0) is 23.9 Å². The molecule has 7 nitrogen and oxygen atoms in total. The van der Waals surface area contributed by atoms with Gasteiger partial charge >= 0.3 is 11.9 Å². The zero-order valence-corrected chi connectivity index (χ0v) is 20.3. The van der Waals surface area contributed by atoms with E-state index in [-0.39, 0.29) is 29.1 Å². The SMILES string of the molecule is C=C1CC[C@H]2[C@@](C)(CC[C@@H](OC(=O)[C@H](N)CC(C)C)[C@@]2(C)NC=O)[C@@H]1/C=C/C1=CCOC1=O. The second kappa shape index (κ2) is 9.84. The maximum absolute atomic E-state index is 12.7. The highest BCUT2D eigenvalue weighted by molar-refractivity contribution is 5.93. The first-order chi connectivity index (χ1) is 15.5. The Morgan fingerprint density at radius 3 is 2.73 bits per heavy atom. The molecule has 2 saturated carbocycles. The van der Waals surface area contributed by atoms with E-state index in [1.165, 1.54) is 0 Å². The van der Waals surface area contributed by atoms with Crippen molar-refractivity contribution in [3.8, 4) is 0 Å². The summed E-state index contributed by atoms with van der Waals surface area (Å²) in [7, 11) is 0. The summed E-state index contributed by atoms with van der Waals surface area (Å²) >= 11 is 0. The summed E-state index contributed by atoms with van der Waals surface area (Å²) in [4.78, 5) is 36.3. The predicted octanol–water partition coefficient (Wildman–Crippen LogP) is 3.20. The molecule has 2 fully saturated rings. The molecule has 1 heterocycles. The van der Waals surface area contributed by atoms with E-state index in [2.05, 4.69) is 24.9 Å². The summed E-state index contributed by atoms with van der Waals surface area (Å²) in [6.07, 6.45) is 9.48. The first-order valence-electron chi connectivity index (χ1n) is 11.9. The van der Waals surface area contributed by atoms with Crippen LogP contribution < -0.4 is 11.1 Å². The third kappa shape index (κ3) is 4.93. The van der Waals surface area contributed by atoms with Crippen LogP contribution in [0.4, 0.5) is 0 Å². The minimum absolute atomic E-state index is 0.0261. The summed E-state index contributed by atoms with van der Waals surface area (Å²) < 4.78 is 10.9. The Balaban J connectivity index is 1.87. The molecule has 3 rings (SSSR count). The quantitative estimate of drug-likeness (QED) is 0.329. The standard InChI is InChI=1S/C26H38N2O5/c1-16(2)14-20(27)24(31)33-22-10-12-25(4)19(8-7-18-11-13-32-23(18)30)17(3)6-9-21(25)26(22,5)28-15-29/h7-8,11,15-16,19-22H,3,6,9-10,12-14,27H2,1-2,4-5H3,(H,28,29)/b8-7+/t19-,20-,21+,22-,25+,26+/m1/s1. The summed E-state index contributed by atoms with van der Waals surface area (Å²) in [5.41, 5.74) is 6.79. The lowest BCUT2D eigenvalue weighted by atomic mass is 9.48. The molecule has 182 valence electrons. The van der Waals surface area contributed by atoms with Crippen molar-refractivity contribution in [3.05, 3.63) is 36.0 Å². The fraction of sp³-hybridized carbons (Fsp3) is 0.654. The van der Waals surface area contributed by atoms with Crippen LogP contribution in [0.15, 0.2) is 36.0 Å². The summed E-state index contributed by atoms with van der Waals surface area (Å²) in [5.74, 6) is -0.369. The molecule has 1 aliphatic heterocycles. The lowest BCUT2D eigenvalue weighted by molar-refractivity contribution is -0.169. The molecule has 7 heteroatoms. The van der Waals surface area contributed by atoms with E-state index in [0.717, 1.165) is 24.8 Å². The van der Waals surface area contributed by atoms with E-state index in [1.807, 2.05) is 26.8 Å². The van der Waals surface area contributed by atoms with Crippen molar-refractivity contribution < 1.29 is 23.9 Å². The second-order valence-corrected chi connectivity index (χ2v) is 10.6. The van der Waals surface area contributed by atoms with Gasteiger partial charge in [-0.25, -0.2) is 4.79 Å². The van der Waals surface area contributed by atoms with Gasteiger partial charge in [0, 0.05) is 5.92 Å². The van der Waals surface area contributed by atoms with Crippen molar-refractivity contribution in [2.75, 3.05) is 6.61 Å². The molecule has 0 aromatic heterocycles. The zero-order chi connectivity index (χ0) is 24.4. The smallest absolute Gasteiger partial charge is 0.338 e. The average molecular weight is 459 g/mol. The van der Waals surface area contributed by atoms with E-state index < -0.39 is 23.7 Å². The van der Waals surface area contributed by atoms with Crippen molar-refractivity contribution in [2.45, 2.75) is 77.5 Å². The largest absolute Gasteiger partial charge is 0.459 e. The van der Waals surface area contributed by atoms with E-state index in [1.54, 1.807) is 6.08 Å². The minimum atomic E-state index is -0.736. The van der Waals surface area contributed by atoms with Gasteiger partial charge in [0.15, 0.2) is 0 Å². The predicted molar refractivity (Wildman–Crippen MR) is 126 cm³/mol. The topological polar surface area (TPSA) is 108 Å². The van der Waals surface area contributed by atoms with Crippen LogP contribution in [0.3, 0.4) is 0 Å². The molecule has 0 radical (unpaired) electrons. The van der Waals surface area contributed by atoms with Crippen molar-refractivity contribution >= 4 is 18.3 Å². The van der Waals surface area contributed by atoms with Gasteiger partial charge in [0.05, 0.1) is 11.1 Å². The molecule has 3 aliphatic rings. The normalized spacial score (nSPS) is 35.1. The Kier molecular flexibility index (Phi) is 7.52. The lowest BCUT2D eigenvalue weighted by Crippen LogP contribution is -2.67. The molecule has 0 spiro atoms. The van der Waals surface area contributed by atoms with E-state index in [9.17, 15) is 14.4 Å². The average Bonchev–Trinajstić information content (AvgIpc) is 3.14. The van der Waals surface area contributed by atoms with Crippen LogP contribution in [0.1, 0.15) is 59.8 Å². The Labute approximate surface area is 196 Å². The number of hydrogen-bond donors (Lipinski definition) is 2. The summed E-state index contributed by atoms with van der Waals surface area (Å²) in [6, 6.07) is -0.681. The summed E-state index contributed by atoms with van der Waals surface area (Å²) in [5, 5.41) is 3.02. The number of cyclic esters (lactones) is 1. The molecule has 1 amide bonds. The van der Waals surface area contributed by atoms with Crippen molar-refractivity contribution in [1.82, 2.24) is 5.32 Å². The molecule has 0 aromatic carbocycles. The van der Waals surface area contributed by atoms with Gasteiger partial charge in [0.25, 0.3) is 0 Å². The van der Waals surface area contributed by atoms with Crippen molar-refractivity contribution in [1.29, 1.82) is 0 Å². The molecule has 0 unspecified atom stereocenters. The first-order valence-corrected chi connectivity index (χ1v) is 11.9. The van der Waals surface area contributed by atoms with Crippen LogP contribution in [-0.4, -0.2) is 42.6 Å². The maximum atomic E-state index is 12.7. The second-order valence-electron chi connectivity index (χ2n) is 10.6. The van der Waals surface area contributed by atoms with Gasteiger partial charge in [-0.15, -0.1) is 0 Å². The number of fused-ring (bicyclic) bond motifs is 1. The Morgan fingerprint density at radius 2 is 2.12 bits per heavy atom.